The van der Waals surface area contributed by atoms with Gasteiger partial charge < -0.3 is 10.2 Å². The fourth-order valence-electron chi connectivity index (χ4n) is 3.11. The van der Waals surface area contributed by atoms with E-state index in [0.717, 1.165) is 5.56 Å². The topological polar surface area (TPSA) is 78.4 Å². The second-order valence-corrected chi connectivity index (χ2v) is 6.36. The first kappa shape index (κ1) is 18.0. The second-order valence-electron chi connectivity index (χ2n) is 6.36. The summed E-state index contributed by atoms with van der Waals surface area (Å²) >= 11 is 0. The molecule has 2 heterocycles. The Morgan fingerprint density at radius 1 is 1.15 bits per heavy atom. The molecule has 2 amide bonds. The number of likely N-dealkylation sites (N-methyl/N-ethyl adjacent to an activating group) is 1. The van der Waals surface area contributed by atoms with E-state index in [1.165, 1.54) is 12.4 Å². The maximum absolute atomic E-state index is 12.7. The number of aromatic nitrogens is 2. The molecule has 1 aromatic heterocycles. The summed E-state index contributed by atoms with van der Waals surface area (Å²) in [5, 5.41) is 2.71. The Bertz CT molecular complexity index is 763. The molecule has 2 aromatic rings. The molecule has 1 atom stereocenters. The van der Waals surface area contributed by atoms with Crippen molar-refractivity contribution >= 4 is 11.8 Å². The van der Waals surface area contributed by atoms with Crippen LogP contribution in [-0.4, -0.2) is 64.3 Å². The lowest BCUT2D eigenvalue weighted by Gasteiger charge is -2.40. The number of hydrogen-bond acceptors (Lipinski definition) is 5. The van der Waals surface area contributed by atoms with Gasteiger partial charge in [-0.2, -0.15) is 0 Å². The van der Waals surface area contributed by atoms with Gasteiger partial charge in [-0.3, -0.25) is 14.5 Å². The quantitative estimate of drug-likeness (QED) is 0.882. The number of aryl methyl sites for hydroxylation is 1. The van der Waals surface area contributed by atoms with Crippen LogP contribution in [-0.2, 0) is 11.3 Å². The number of benzene rings is 1. The van der Waals surface area contributed by atoms with Gasteiger partial charge in [-0.15, -0.1) is 0 Å². The van der Waals surface area contributed by atoms with E-state index in [1.54, 1.807) is 18.9 Å². The van der Waals surface area contributed by atoms with Crippen molar-refractivity contribution < 1.29 is 9.59 Å². The molecule has 1 aromatic carbocycles. The molecule has 0 radical (unpaired) electrons. The van der Waals surface area contributed by atoms with Gasteiger partial charge in [0.2, 0.25) is 5.91 Å². The third-order valence-corrected chi connectivity index (χ3v) is 4.58. The molecule has 7 nitrogen and oxygen atoms in total. The van der Waals surface area contributed by atoms with E-state index < -0.39 is 0 Å². The van der Waals surface area contributed by atoms with Crippen LogP contribution in [0.2, 0.25) is 0 Å². The zero-order valence-corrected chi connectivity index (χ0v) is 15.1. The summed E-state index contributed by atoms with van der Waals surface area (Å²) in [5.74, 6) is 0.398. The Morgan fingerprint density at radius 3 is 2.50 bits per heavy atom. The molecule has 7 heteroatoms. The highest BCUT2D eigenvalue weighted by Gasteiger charge is 2.34. The van der Waals surface area contributed by atoms with E-state index >= 15 is 0 Å². The van der Waals surface area contributed by atoms with Gasteiger partial charge in [0.05, 0.1) is 5.56 Å². The summed E-state index contributed by atoms with van der Waals surface area (Å²) in [6.45, 7) is 3.99. The molecule has 0 unspecified atom stereocenters. The van der Waals surface area contributed by atoms with Crippen molar-refractivity contribution in [2.24, 2.45) is 0 Å². The molecule has 1 aliphatic rings. The van der Waals surface area contributed by atoms with Gasteiger partial charge >= 0.3 is 0 Å². The highest BCUT2D eigenvalue weighted by atomic mass is 16.2. The summed E-state index contributed by atoms with van der Waals surface area (Å²) in [7, 11) is 1.62. The summed E-state index contributed by atoms with van der Waals surface area (Å²) in [6, 6.07) is 9.65. The van der Waals surface area contributed by atoms with Crippen molar-refractivity contribution in [2.75, 3.05) is 26.7 Å². The van der Waals surface area contributed by atoms with E-state index in [1.807, 2.05) is 30.3 Å². The van der Waals surface area contributed by atoms with Gasteiger partial charge in [-0.25, -0.2) is 9.97 Å². The largest absolute Gasteiger partial charge is 0.358 e. The standard InChI is InChI=1S/C19H23N5O2/c1-14-21-10-16(11-22-14)19(26)24-9-8-23(17(13-24)18(25)20-2)12-15-6-4-3-5-7-15/h3-7,10-11,17H,8-9,12-13H2,1-2H3,(H,20,25)/t17-/m1/s1. The fourth-order valence-corrected chi connectivity index (χ4v) is 3.11. The van der Waals surface area contributed by atoms with Crippen molar-refractivity contribution in [3.63, 3.8) is 0 Å². The van der Waals surface area contributed by atoms with Crippen molar-refractivity contribution in [2.45, 2.75) is 19.5 Å². The lowest BCUT2D eigenvalue weighted by atomic mass is 10.1. The van der Waals surface area contributed by atoms with Gasteiger partial charge in [0.1, 0.15) is 11.9 Å². The minimum Gasteiger partial charge on any atom is -0.358 e. The first-order valence-electron chi connectivity index (χ1n) is 8.66. The lowest BCUT2D eigenvalue weighted by molar-refractivity contribution is -0.128. The maximum Gasteiger partial charge on any atom is 0.257 e. The van der Waals surface area contributed by atoms with Crippen LogP contribution in [0.4, 0.5) is 0 Å². The third kappa shape index (κ3) is 4.05. The van der Waals surface area contributed by atoms with Crippen LogP contribution < -0.4 is 5.32 Å². The predicted molar refractivity (Wildman–Crippen MR) is 97.4 cm³/mol. The van der Waals surface area contributed by atoms with E-state index in [-0.39, 0.29) is 17.9 Å². The van der Waals surface area contributed by atoms with Crippen LogP contribution in [0.25, 0.3) is 0 Å². The van der Waals surface area contributed by atoms with Crippen LogP contribution >= 0.6 is 0 Å². The third-order valence-electron chi connectivity index (χ3n) is 4.58. The highest BCUT2D eigenvalue weighted by Crippen LogP contribution is 2.16. The average molecular weight is 353 g/mol. The SMILES string of the molecule is CNC(=O)[C@H]1CN(C(=O)c2cnc(C)nc2)CCN1Cc1ccccc1. The number of nitrogens with zero attached hydrogens (tertiary/aromatic N) is 4. The molecular weight excluding hydrogens is 330 g/mol. The average Bonchev–Trinajstić information content (AvgIpc) is 2.68. The molecular formula is C19H23N5O2. The second kappa shape index (κ2) is 8.05. The molecule has 3 rings (SSSR count). The summed E-state index contributed by atoms with van der Waals surface area (Å²) in [5.41, 5.74) is 1.59. The molecule has 1 aliphatic heterocycles. The van der Waals surface area contributed by atoms with E-state index in [2.05, 4.69) is 20.2 Å². The van der Waals surface area contributed by atoms with Crippen LogP contribution in [0.15, 0.2) is 42.7 Å². The molecule has 26 heavy (non-hydrogen) atoms. The molecule has 0 aliphatic carbocycles. The maximum atomic E-state index is 12.7. The molecule has 0 saturated carbocycles. The predicted octanol–water partition coefficient (Wildman–Crippen LogP) is 0.858. The molecule has 1 N–H and O–H groups in total. The van der Waals surface area contributed by atoms with Crippen LogP contribution in [0.1, 0.15) is 21.7 Å². The first-order valence-corrected chi connectivity index (χ1v) is 8.66. The minimum atomic E-state index is -0.385. The van der Waals surface area contributed by atoms with Crippen LogP contribution in [0.3, 0.4) is 0 Å². The Kier molecular flexibility index (Phi) is 5.58. The number of nitrogens with one attached hydrogen (secondary N) is 1. The normalized spacial score (nSPS) is 17.8. The van der Waals surface area contributed by atoms with Crippen molar-refractivity contribution in [3.8, 4) is 0 Å². The number of carbonyl (C=O) groups excluding carboxylic acids is 2. The van der Waals surface area contributed by atoms with Crippen LogP contribution in [0, 0.1) is 6.92 Å². The van der Waals surface area contributed by atoms with Gasteiger partial charge in [0, 0.05) is 45.6 Å². The smallest absolute Gasteiger partial charge is 0.257 e. The van der Waals surface area contributed by atoms with Gasteiger partial charge in [0.25, 0.3) is 5.91 Å². The van der Waals surface area contributed by atoms with Gasteiger partial charge in [-0.05, 0) is 12.5 Å². The number of rotatable bonds is 4. The molecule has 0 spiro atoms. The number of carbonyl (C=O) groups is 2. The van der Waals surface area contributed by atoms with E-state index in [4.69, 9.17) is 0 Å². The molecule has 1 saturated heterocycles. The molecule has 136 valence electrons. The summed E-state index contributed by atoms with van der Waals surface area (Å²) in [6.07, 6.45) is 3.08. The fraction of sp³-hybridized carbons (Fsp3) is 0.368. The first-order chi connectivity index (χ1) is 12.6. The van der Waals surface area contributed by atoms with Crippen LogP contribution in [0.5, 0.6) is 0 Å². The van der Waals surface area contributed by atoms with E-state index in [9.17, 15) is 9.59 Å². The summed E-state index contributed by atoms with van der Waals surface area (Å²) in [4.78, 5) is 37.1. The van der Waals surface area contributed by atoms with Crippen molar-refractivity contribution in [1.82, 2.24) is 25.1 Å². The molecule has 1 fully saturated rings. The Labute approximate surface area is 153 Å². The zero-order chi connectivity index (χ0) is 18.5. The van der Waals surface area contributed by atoms with Crippen molar-refractivity contribution in [1.29, 1.82) is 0 Å². The Morgan fingerprint density at radius 2 is 1.85 bits per heavy atom. The van der Waals surface area contributed by atoms with Gasteiger partial charge in [-0.1, -0.05) is 30.3 Å². The highest BCUT2D eigenvalue weighted by molar-refractivity contribution is 5.94. The monoisotopic (exact) mass is 353 g/mol. The Hall–Kier alpha value is -2.80. The van der Waals surface area contributed by atoms with E-state index in [0.29, 0.717) is 37.6 Å². The summed E-state index contributed by atoms with van der Waals surface area (Å²) < 4.78 is 0. The van der Waals surface area contributed by atoms with Crippen molar-refractivity contribution in [3.05, 3.63) is 59.7 Å². The number of piperazine rings is 1. The molecule has 0 bridgehead atoms. The lowest BCUT2D eigenvalue weighted by Crippen LogP contribution is -2.59. The zero-order valence-electron chi connectivity index (χ0n) is 15.1. The van der Waals surface area contributed by atoms with Gasteiger partial charge in [0.15, 0.2) is 0 Å². The Balaban J connectivity index is 1.74. The minimum absolute atomic E-state index is 0.0846. The number of hydrogen-bond donors (Lipinski definition) is 1. The number of amides is 2.